The van der Waals surface area contributed by atoms with Crippen molar-refractivity contribution >= 4 is 11.7 Å². The van der Waals surface area contributed by atoms with E-state index >= 15 is 0 Å². The molecule has 2 aromatic rings. The van der Waals surface area contributed by atoms with Gasteiger partial charge in [0.05, 0.1) is 11.6 Å². The summed E-state index contributed by atoms with van der Waals surface area (Å²) in [5, 5.41) is 0. The molecule has 1 amide bonds. The minimum atomic E-state index is -0.0803. The highest BCUT2D eigenvalue weighted by atomic mass is 16.2. The van der Waals surface area contributed by atoms with E-state index in [2.05, 4.69) is 12.1 Å². The molecule has 0 radical (unpaired) electrons. The van der Waals surface area contributed by atoms with Gasteiger partial charge in [-0.3, -0.25) is 9.59 Å². The number of nitrogens with zero attached hydrogens (tertiary/aromatic N) is 1. The Kier molecular flexibility index (Phi) is 3.34. The van der Waals surface area contributed by atoms with Crippen molar-refractivity contribution in [3.63, 3.8) is 0 Å². The van der Waals surface area contributed by atoms with Gasteiger partial charge in [-0.25, -0.2) is 0 Å². The molecule has 0 saturated carbocycles. The SMILES string of the molecule is CC(=O)c1ccccc1C(=O)N1Cc2ccccc2[C@@H]1C. The molecule has 0 aliphatic carbocycles. The molecule has 106 valence electrons. The summed E-state index contributed by atoms with van der Waals surface area (Å²) in [5.41, 5.74) is 3.35. The highest BCUT2D eigenvalue weighted by Crippen LogP contribution is 2.34. The van der Waals surface area contributed by atoms with E-state index in [0.29, 0.717) is 17.7 Å². The van der Waals surface area contributed by atoms with Crippen LogP contribution in [-0.2, 0) is 6.54 Å². The van der Waals surface area contributed by atoms with E-state index < -0.39 is 0 Å². The Morgan fingerprint density at radius 1 is 1.00 bits per heavy atom. The van der Waals surface area contributed by atoms with Crippen LogP contribution in [0.1, 0.15) is 51.7 Å². The van der Waals surface area contributed by atoms with E-state index in [0.717, 1.165) is 0 Å². The standard InChI is InChI=1S/C18H17NO2/c1-12-15-8-4-3-7-14(15)11-19(12)18(21)17-10-6-5-9-16(17)13(2)20/h3-10,12H,11H2,1-2H3/t12-/m0/s1. The predicted molar refractivity (Wildman–Crippen MR) is 81.2 cm³/mol. The molecular formula is C18H17NO2. The summed E-state index contributed by atoms with van der Waals surface area (Å²) in [6.07, 6.45) is 0. The maximum atomic E-state index is 12.8. The summed E-state index contributed by atoms with van der Waals surface area (Å²) in [7, 11) is 0. The zero-order valence-electron chi connectivity index (χ0n) is 12.2. The van der Waals surface area contributed by atoms with Gasteiger partial charge in [-0.2, -0.15) is 0 Å². The molecule has 1 heterocycles. The Bertz CT molecular complexity index is 721. The molecule has 3 heteroatoms. The van der Waals surface area contributed by atoms with E-state index in [4.69, 9.17) is 0 Å². The van der Waals surface area contributed by atoms with Gasteiger partial charge in [-0.05, 0) is 31.0 Å². The van der Waals surface area contributed by atoms with Gasteiger partial charge in [0.25, 0.3) is 5.91 Å². The topological polar surface area (TPSA) is 37.4 Å². The molecular weight excluding hydrogens is 262 g/mol. The molecule has 1 aliphatic heterocycles. The fraction of sp³-hybridized carbons (Fsp3) is 0.222. The van der Waals surface area contributed by atoms with Crippen molar-refractivity contribution in [2.75, 3.05) is 0 Å². The lowest BCUT2D eigenvalue weighted by molar-refractivity contribution is 0.0701. The number of amides is 1. The number of benzene rings is 2. The smallest absolute Gasteiger partial charge is 0.255 e. The number of carbonyl (C=O) groups is 2. The first-order valence-corrected chi connectivity index (χ1v) is 7.08. The number of hydrogen-bond acceptors (Lipinski definition) is 2. The van der Waals surface area contributed by atoms with Crippen LogP contribution in [0.5, 0.6) is 0 Å². The van der Waals surface area contributed by atoms with Crippen molar-refractivity contribution in [1.29, 1.82) is 0 Å². The summed E-state index contributed by atoms with van der Waals surface area (Å²) in [6.45, 7) is 4.12. The van der Waals surface area contributed by atoms with Gasteiger partial charge < -0.3 is 4.90 Å². The number of fused-ring (bicyclic) bond motifs is 1. The molecule has 0 bridgehead atoms. The summed E-state index contributed by atoms with van der Waals surface area (Å²) in [4.78, 5) is 26.4. The zero-order valence-corrected chi connectivity index (χ0v) is 12.2. The second-order valence-corrected chi connectivity index (χ2v) is 5.41. The predicted octanol–water partition coefficient (Wildman–Crippen LogP) is 3.61. The minimum absolute atomic E-state index is 0.0358. The first-order chi connectivity index (χ1) is 10.1. The molecule has 3 nitrogen and oxygen atoms in total. The van der Waals surface area contributed by atoms with E-state index in [1.807, 2.05) is 24.0 Å². The third kappa shape index (κ3) is 2.25. The fourth-order valence-corrected chi connectivity index (χ4v) is 2.95. The van der Waals surface area contributed by atoms with Gasteiger partial charge in [0.1, 0.15) is 0 Å². The van der Waals surface area contributed by atoms with Crippen molar-refractivity contribution in [2.45, 2.75) is 26.4 Å². The molecule has 1 aliphatic rings. The van der Waals surface area contributed by atoms with Crippen LogP contribution in [0.2, 0.25) is 0 Å². The first-order valence-electron chi connectivity index (χ1n) is 7.08. The molecule has 2 aromatic carbocycles. The highest BCUT2D eigenvalue weighted by Gasteiger charge is 2.31. The average molecular weight is 279 g/mol. The van der Waals surface area contributed by atoms with Crippen LogP contribution >= 0.6 is 0 Å². The van der Waals surface area contributed by atoms with Crippen molar-refractivity contribution in [3.05, 3.63) is 70.8 Å². The van der Waals surface area contributed by atoms with Crippen molar-refractivity contribution in [1.82, 2.24) is 4.90 Å². The van der Waals surface area contributed by atoms with E-state index in [1.165, 1.54) is 18.1 Å². The van der Waals surface area contributed by atoms with Gasteiger partial charge >= 0.3 is 0 Å². The first kappa shape index (κ1) is 13.6. The van der Waals surface area contributed by atoms with E-state index in [-0.39, 0.29) is 17.7 Å². The van der Waals surface area contributed by atoms with Crippen molar-refractivity contribution in [3.8, 4) is 0 Å². The van der Waals surface area contributed by atoms with Gasteiger partial charge in [0, 0.05) is 12.1 Å². The number of Topliss-reactive ketones (excluding diaryl/α,β-unsaturated/α-hetero) is 1. The fourth-order valence-electron chi connectivity index (χ4n) is 2.95. The summed E-state index contributed by atoms with van der Waals surface area (Å²) < 4.78 is 0. The van der Waals surface area contributed by atoms with Crippen LogP contribution in [0.3, 0.4) is 0 Å². The lowest BCUT2D eigenvalue weighted by Gasteiger charge is -2.23. The maximum absolute atomic E-state index is 12.8. The molecule has 0 N–H and O–H groups in total. The summed E-state index contributed by atoms with van der Waals surface area (Å²) in [6, 6.07) is 15.2. The van der Waals surface area contributed by atoms with Crippen molar-refractivity contribution < 1.29 is 9.59 Å². The average Bonchev–Trinajstić information content (AvgIpc) is 2.84. The summed E-state index contributed by atoms with van der Waals surface area (Å²) in [5.74, 6) is -0.159. The van der Waals surface area contributed by atoms with E-state index in [9.17, 15) is 9.59 Å². The third-order valence-electron chi connectivity index (χ3n) is 4.11. The molecule has 0 spiro atoms. The second-order valence-electron chi connectivity index (χ2n) is 5.41. The molecule has 0 fully saturated rings. The van der Waals surface area contributed by atoms with Crippen LogP contribution in [0, 0.1) is 0 Å². The minimum Gasteiger partial charge on any atom is -0.328 e. The molecule has 3 rings (SSSR count). The Morgan fingerprint density at radius 2 is 1.62 bits per heavy atom. The van der Waals surface area contributed by atoms with Crippen LogP contribution in [-0.4, -0.2) is 16.6 Å². The largest absolute Gasteiger partial charge is 0.328 e. The number of hydrogen-bond donors (Lipinski definition) is 0. The number of rotatable bonds is 2. The molecule has 21 heavy (non-hydrogen) atoms. The third-order valence-corrected chi connectivity index (χ3v) is 4.11. The van der Waals surface area contributed by atoms with Gasteiger partial charge in [-0.15, -0.1) is 0 Å². The molecule has 1 atom stereocenters. The Labute approximate surface area is 124 Å². The van der Waals surface area contributed by atoms with Crippen LogP contribution in [0.15, 0.2) is 48.5 Å². The Balaban J connectivity index is 1.97. The number of ketones is 1. The second kappa shape index (κ2) is 5.17. The van der Waals surface area contributed by atoms with Gasteiger partial charge in [0.15, 0.2) is 5.78 Å². The van der Waals surface area contributed by atoms with Crippen LogP contribution < -0.4 is 0 Å². The normalized spacial score (nSPS) is 16.7. The Morgan fingerprint density at radius 3 is 2.29 bits per heavy atom. The lowest BCUT2D eigenvalue weighted by atomic mass is 10.0. The molecule has 0 unspecified atom stereocenters. The maximum Gasteiger partial charge on any atom is 0.255 e. The van der Waals surface area contributed by atoms with Crippen molar-refractivity contribution in [2.24, 2.45) is 0 Å². The molecule has 0 saturated heterocycles. The Hall–Kier alpha value is -2.42. The number of carbonyl (C=O) groups excluding carboxylic acids is 2. The zero-order chi connectivity index (χ0) is 15.0. The summed E-state index contributed by atoms with van der Waals surface area (Å²) >= 11 is 0. The highest BCUT2D eigenvalue weighted by molar-refractivity contribution is 6.07. The van der Waals surface area contributed by atoms with Gasteiger partial charge in [-0.1, -0.05) is 42.5 Å². The lowest BCUT2D eigenvalue weighted by Crippen LogP contribution is -2.29. The molecule has 0 aromatic heterocycles. The van der Waals surface area contributed by atoms with E-state index in [1.54, 1.807) is 24.3 Å². The quantitative estimate of drug-likeness (QED) is 0.788. The van der Waals surface area contributed by atoms with Gasteiger partial charge in [0.2, 0.25) is 0 Å². The van der Waals surface area contributed by atoms with Crippen LogP contribution in [0.25, 0.3) is 0 Å². The van der Waals surface area contributed by atoms with Crippen LogP contribution in [0.4, 0.5) is 0 Å². The monoisotopic (exact) mass is 279 g/mol.